The molecule has 4 rings (SSSR count). The SMILES string of the molecule is CC(C)CC(C(=O)O)c1ccc(C(C)(c2ccc(F)cc2)N2CCCCC2)c(-c2ccc(C(F)(F)F)cc2)c1. The predicted octanol–water partition coefficient (Wildman–Crippen LogP) is 8.48. The van der Waals surface area contributed by atoms with Gasteiger partial charge in [0.15, 0.2) is 0 Å². The summed E-state index contributed by atoms with van der Waals surface area (Å²) in [5, 5.41) is 10.0. The Labute approximate surface area is 227 Å². The number of hydrogen-bond acceptors (Lipinski definition) is 2. The molecule has 0 aromatic heterocycles. The van der Waals surface area contributed by atoms with E-state index in [0.29, 0.717) is 23.1 Å². The molecule has 39 heavy (non-hydrogen) atoms. The van der Waals surface area contributed by atoms with Gasteiger partial charge in [-0.2, -0.15) is 13.2 Å². The molecule has 0 bridgehead atoms. The van der Waals surface area contributed by atoms with Crippen molar-refractivity contribution in [3.63, 3.8) is 0 Å². The van der Waals surface area contributed by atoms with Gasteiger partial charge in [-0.25, -0.2) is 4.39 Å². The van der Waals surface area contributed by atoms with E-state index < -0.39 is 29.2 Å². The molecule has 1 saturated heterocycles. The lowest BCUT2D eigenvalue weighted by atomic mass is 9.76. The second-order valence-corrected chi connectivity index (χ2v) is 11.0. The lowest BCUT2D eigenvalue weighted by molar-refractivity contribution is -0.139. The Bertz CT molecular complexity index is 1280. The van der Waals surface area contributed by atoms with Crippen LogP contribution in [0.4, 0.5) is 17.6 Å². The Kier molecular flexibility index (Phi) is 8.50. The van der Waals surface area contributed by atoms with Crippen LogP contribution in [0.5, 0.6) is 0 Å². The first-order valence-electron chi connectivity index (χ1n) is 13.5. The summed E-state index contributed by atoms with van der Waals surface area (Å²) < 4.78 is 54.1. The van der Waals surface area contributed by atoms with E-state index in [9.17, 15) is 27.5 Å². The Balaban J connectivity index is 1.96. The first-order chi connectivity index (χ1) is 18.4. The van der Waals surface area contributed by atoms with E-state index in [4.69, 9.17) is 0 Å². The van der Waals surface area contributed by atoms with Crippen LogP contribution in [0.15, 0.2) is 66.7 Å². The lowest BCUT2D eigenvalue weighted by Gasteiger charge is -2.45. The van der Waals surface area contributed by atoms with Crippen molar-refractivity contribution in [2.75, 3.05) is 13.1 Å². The summed E-state index contributed by atoms with van der Waals surface area (Å²) in [5.74, 6) is -1.90. The smallest absolute Gasteiger partial charge is 0.416 e. The molecule has 7 heteroatoms. The molecule has 0 radical (unpaired) electrons. The molecule has 0 amide bonds. The van der Waals surface area contributed by atoms with Crippen molar-refractivity contribution >= 4 is 5.97 Å². The highest BCUT2D eigenvalue weighted by atomic mass is 19.4. The Morgan fingerprint density at radius 3 is 2.03 bits per heavy atom. The number of halogens is 4. The van der Waals surface area contributed by atoms with Gasteiger partial charge in [0.25, 0.3) is 0 Å². The molecule has 1 heterocycles. The summed E-state index contributed by atoms with van der Waals surface area (Å²) in [5.41, 5.74) is 2.09. The van der Waals surface area contributed by atoms with Crippen LogP contribution in [0, 0.1) is 11.7 Å². The number of carboxylic acids is 1. The standard InChI is InChI=1S/C32H35F4NO2/c1-21(2)19-28(30(38)39)23-9-16-29(27(20-23)22-7-10-25(11-8-22)32(34,35)36)31(3,37-17-5-4-6-18-37)24-12-14-26(33)15-13-24/h7-16,20-21,28H,4-6,17-19H2,1-3H3,(H,38,39). The molecule has 208 valence electrons. The van der Waals surface area contributed by atoms with Crippen LogP contribution in [-0.4, -0.2) is 29.1 Å². The average molecular weight is 542 g/mol. The number of alkyl halides is 3. The first kappa shape index (κ1) is 28.8. The fourth-order valence-corrected chi connectivity index (χ4v) is 5.76. The van der Waals surface area contributed by atoms with Crippen molar-refractivity contribution in [3.05, 3.63) is 94.8 Å². The third-order valence-electron chi connectivity index (χ3n) is 7.89. The van der Waals surface area contributed by atoms with Gasteiger partial charge in [-0.05, 0) is 103 Å². The predicted molar refractivity (Wildman–Crippen MR) is 145 cm³/mol. The van der Waals surface area contributed by atoms with E-state index in [1.807, 2.05) is 32.0 Å². The normalized spacial score (nSPS) is 17.1. The largest absolute Gasteiger partial charge is 0.481 e. The highest BCUT2D eigenvalue weighted by molar-refractivity contribution is 5.78. The van der Waals surface area contributed by atoms with Crippen molar-refractivity contribution in [1.82, 2.24) is 4.90 Å². The molecule has 0 aliphatic carbocycles. The van der Waals surface area contributed by atoms with E-state index in [2.05, 4.69) is 11.8 Å². The number of likely N-dealkylation sites (tertiary alicyclic amines) is 1. The number of nitrogens with zero attached hydrogens (tertiary/aromatic N) is 1. The quantitative estimate of drug-likeness (QED) is 0.291. The van der Waals surface area contributed by atoms with Gasteiger partial charge in [-0.15, -0.1) is 0 Å². The van der Waals surface area contributed by atoms with Crippen molar-refractivity contribution in [2.24, 2.45) is 5.92 Å². The zero-order valence-corrected chi connectivity index (χ0v) is 22.6. The molecule has 1 fully saturated rings. The Hall–Kier alpha value is -3.19. The van der Waals surface area contributed by atoms with Gasteiger partial charge in [0.1, 0.15) is 5.82 Å². The molecule has 0 saturated carbocycles. The van der Waals surface area contributed by atoms with Crippen LogP contribution in [0.25, 0.3) is 11.1 Å². The number of piperidine rings is 1. The van der Waals surface area contributed by atoms with Crippen LogP contribution in [0.1, 0.15) is 74.6 Å². The Morgan fingerprint density at radius 2 is 1.49 bits per heavy atom. The molecule has 1 aliphatic rings. The zero-order valence-electron chi connectivity index (χ0n) is 22.6. The summed E-state index contributed by atoms with van der Waals surface area (Å²) in [4.78, 5) is 14.6. The van der Waals surface area contributed by atoms with Gasteiger partial charge in [0.2, 0.25) is 0 Å². The second kappa shape index (κ2) is 11.5. The number of aliphatic carboxylic acids is 1. The minimum Gasteiger partial charge on any atom is -0.481 e. The molecule has 2 unspecified atom stereocenters. The first-order valence-corrected chi connectivity index (χ1v) is 13.5. The van der Waals surface area contributed by atoms with Crippen LogP contribution in [0.2, 0.25) is 0 Å². The zero-order chi connectivity index (χ0) is 28.4. The minimum absolute atomic E-state index is 0.137. The average Bonchev–Trinajstić information content (AvgIpc) is 2.91. The van der Waals surface area contributed by atoms with Gasteiger partial charge in [-0.1, -0.05) is 56.7 Å². The number of benzene rings is 3. The molecule has 0 spiro atoms. The molecule has 1 aliphatic heterocycles. The van der Waals surface area contributed by atoms with Crippen LogP contribution >= 0.6 is 0 Å². The van der Waals surface area contributed by atoms with E-state index >= 15 is 0 Å². The number of carboxylic acid groups (broad SMARTS) is 1. The summed E-state index contributed by atoms with van der Waals surface area (Å²) >= 11 is 0. The highest BCUT2D eigenvalue weighted by Gasteiger charge is 2.39. The minimum atomic E-state index is -4.47. The van der Waals surface area contributed by atoms with Gasteiger partial charge >= 0.3 is 12.1 Å². The van der Waals surface area contributed by atoms with Crippen LogP contribution < -0.4 is 0 Å². The molecule has 3 nitrogen and oxygen atoms in total. The number of carbonyl (C=O) groups is 1. The van der Waals surface area contributed by atoms with Crippen molar-refractivity contribution < 1.29 is 27.5 Å². The molecule has 2 atom stereocenters. The number of hydrogen-bond donors (Lipinski definition) is 1. The van der Waals surface area contributed by atoms with Gasteiger partial charge in [-0.3, -0.25) is 9.69 Å². The van der Waals surface area contributed by atoms with E-state index in [0.717, 1.165) is 55.6 Å². The fraction of sp³-hybridized carbons (Fsp3) is 0.406. The van der Waals surface area contributed by atoms with Crippen molar-refractivity contribution in [2.45, 2.75) is 64.1 Å². The molecular formula is C32H35F4NO2. The molecule has 1 N–H and O–H groups in total. The van der Waals surface area contributed by atoms with Crippen LogP contribution in [0.3, 0.4) is 0 Å². The maximum absolute atomic E-state index is 14.0. The molecule has 3 aromatic rings. The fourth-order valence-electron chi connectivity index (χ4n) is 5.76. The summed E-state index contributed by atoms with van der Waals surface area (Å²) in [7, 11) is 0. The third-order valence-corrected chi connectivity index (χ3v) is 7.89. The van der Waals surface area contributed by atoms with Gasteiger partial charge in [0, 0.05) is 0 Å². The van der Waals surface area contributed by atoms with Gasteiger partial charge < -0.3 is 5.11 Å². The van der Waals surface area contributed by atoms with E-state index in [1.54, 1.807) is 12.1 Å². The number of rotatable bonds is 8. The monoisotopic (exact) mass is 541 g/mol. The van der Waals surface area contributed by atoms with E-state index in [-0.39, 0.29) is 11.7 Å². The van der Waals surface area contributed by atoms with E-state index in [1.165, 1.54) is 24.3 Å². The summed E-state index contributed by atoms with van der Waals surface area (Å²) in [6, 6.07) is 16.9. The van der Waals surface area contributed by atoms with Crippen molar-refractivity contribution in [1.29, 1.82) is 0 Å². The second-order valence-electron chi connectivity index (χ2n) is 11.0. The highest BCUT2D eigenvalue weighted by Crippen LogP contribution is 2.44. The van der Waals surface area contributed by atoms with Crippen molar-refractivity contribution in [3.8, 4) is 11.1 Å². The lowest BCUT2D eigenvalue weighted by Crippen LogP contribution is -2.47. The Morgan fingerprint density at radius 1 is 0.897 bits per heavy atom. The molecular weight excluding hydrogens is 506 g/mol. The summed E-state index contributed by atoms with van der Waals surface area (Å²) in [6.07, 6.45) is -0.927. The van der Waals surface area contributed by atoms with Gasteiger partial charge in [0.05, 0.1) is 17.0 Å². The van der Waals surface area contributed by atoms with Crippen LogP contribution in [-0.2, 0) is 16.5 Å². The molecule has 3 aromatic carbocycles. The third kappa shape index (κ3) is 6.19. The maximum Gasteiger partial charge on any atom is 0.416 e. The topological polar surface area (TPSA) is 40.5 Å². The maximum atomic E-state index is 14.0. The summed E-state index contributed by atoms with van der Waals surface area (Å²) in [6.45, 7) is 7.61.